The fourth-order valence-electron chi connectivity index (χ4n) is 2.47. The maximum atomic E-state index is 6.36. The minimum Gasteiger partial charge on any atom is -0.497 e. The van der Waals surface area contributed by atoms with Gasteiger partial charge in [0.25, 0.3) is 0 Å². The predicted molar refractivity (Wildman–Crippen MR) is 85.5 cm³/mol. The van der Waals surface area contributed by atoms with Gasteiger partial charge in [0.05, 0.1) is 18.5 Å². The first-order valence-electron chi connectivity index (χ1n) is 7.63. The third-order valence-corrected chi connectivity index (χ3v) is 3.81. The van der Waals surface area contributed by atoms with E-state index in [1.165, 1.54) is 5.56 Å². The number of aryl methyl sites for hydroxylation is 3. The molecule has 0 bridgehead atoms. The van der Waals surface area contributed by atoms with E-state index in [4.69, 9.17) is 10.5 Å². The van der Waals surface area contributed by atoms with Gasteiger partial charge in [-0.05, 0) is 49.9 Å². The van der Waals surface area contributed by atoms with Gasteiger partial charge in [-0.2, -0.15) is 5.10 Å². The largest absolute Gasteiger partial charge is 0.497 e. The van der Waals surface area contributed by atoms with Crippen molar-refractivity contribution in [2.75, 3.05) is 7.11 Å². The number of methoxy groups -OCH3 is 1. The lowest BCUT2D eigenvalue weighted by Crippen LogP contribution is -2.16. The Kier molecular flexibility index (Phi) is 5.39. The zero-order valence-electron chi connectivity index (χ0n) is 13.2. The van der Waals surface area contributed by atoms with Crippen LogP contribution in [0.3, 0.4) is 0 Å². The monoisotopic (exact) mass is 287 g/mol. The van der Waals surface area contributed by atoms with E-state index in [0.29, 0.717) is 0 Å². The second kappa shape index (κ2) is 7.27. The van der Waals surface area contributed by atoms with Crippen LogP contribution < -0.4 is 10.5 Å². The molecule has 1 aromatic heterocycles. The van der Waals surface area contributed by atoms with E-state index in [-0.39, 0.29) is 6.04 Å². The van der Waals surface area contributed by atoms with Crippen molar-refractivity contribution in [3.63, 3.8) is 0 Å². The SMILES string of the molecule is CCc1cc(C(N)CCc2ccc(OC)cc2)n(CC)n1. The lowest BCUT2D eigenvalue weighted by Gasteiger charge is -2.13. The van der Waals surface area contributed by atoms with Gasteiger partial charge in [0, 0.05) is 12.6 Å². The lowest BCUT2D eigenvalue weighted by molar-refractivity contribution is 0.414. The first kappa shape index (κ1) is 15.6. The van der Waals surface area contributed by atoms with Gasteiger partial charge in [0.15, 0.2) is 0 Å². The third kappa shape index (κ3) is 3.85. The molecule has 0 radical (unpaired) electrons. The summed E-state index contributed by atoms with van der Waals surface area (Å²) in [6, 6.07) is 10.3. The Morgan fingerprint density at radius 2 is 1.95 bits per heavy atom. The van der Waals surface area contributed by atoms with Crippen LogP contribution in [-0.2, 0) is 19.4 Å². The van der Waals surface area contributed by atoms with Gasteiger partial charge in [-0.3, -0.25) is 4.68 Å². The number of rotatable bonds is 7. The Morgan fingerprint density at radius 3 is 2.52 bits per heavy atom. The van der Waals surface area contributed by atoms with Gasteiger partial charge in [-0.25, -0.2) is 0 Å². The predicted octanol–water partition coefficient (Wildman–Crippen LogP) is 3.11. The summed E-state index contributed by atoms with van der Waals surface area (Å²) < 4.78 is 7.20. The highest BCUT2D eigenvalue weighted by Gasteiger charge is 2.13. The smallest absolute Gasteiger partial charge is 0.118 e. The van der Waals surface area contributed by atoms with Gasteiger partial charge in [0.2, 0.25) is 0 Å². The van der Waals surface area contributed by atoms with E-state index >= 15 is 0 Å². The van der Waals surface area contributed by atoms with Crippen molar-refractivity contribution in [3.8, 4) is 5.75 Å². The van der Waals surface area contributed by atoms with Gasteiger partial charge >= 0.3 is 0 Å². The minimum absolute atomic E-state index is 0.0276. The first-order chi connectivity index (χ1) is 10.2. The van der Waals surface area contributed by atoms with Crippen molar-refractivity contribution in [1.29, 1.82) is 0 Å². The molecule has 1 unspecified atom stereocenters. The van der Waals surface area contributed by atoms with Crippen LogP contribution in [-0.4, -0.2) is 16.9 Å². The minimum atomic E-state index is 0.0276. The molecule has 4 heteroatoms. The number of aromatic nitrogens is 2. The maximum absolute atomic E-state index is 6.36. The standard InChI is InChI=1S/C17H25N3O/c1-4-14-12-17(20(5-2)19-14)16(18)11-8-13-6-9-15(21-3)10-7-13/h6-7,9-10,12,16H,4-5,8,11,18H2,1-3H3. The third-order valence-electron chi connectivity index (χ3n) is 3.81. The topological polar surface area (TPSA) is 53.1 Å². The average molecular weight is 287 g/mol. The van der Waals surface area contributed by atoms with Crippen LogP contribution >= 0.6 is 0 Å². The van der Waals surface area contributed by atoms with Crippen molar-refractivity contribution < 1.29 is 4.74 Å². The summed E-state index contributed by atoms with van der Waals surface area (Å²) in [7, 11) is 1.68. The van der Waals surface area contributed by atoms with Gasteiger partial charge < -0.3 is 10.5 Å². The normalized spacial score (nSPS) is 12.4. The quantitative estimate of drug-likeness (QED) is 0.851. The van der Waals surface area contributed by atoms with Crippen molar-refractivity contribution in [2.24, 2.45) is 5.73 Å². The molecule has 114 valence electrons. The second-order valence-corrected chi connectivity index (χ2v) is 5.22. The van der Waals surface area contributed by atoms with Crippen molar-refractivity contribution in [1.82, 2.24) is 9.78 Å². The van der Waals surface area contributed by atoms with Crippen molar-refractivity contribution in [3.05, 3.63) is 47.3 Å². The zero-order valence-corrected chi connectivity index (χ0v) is 13.2. The molecule has 2 N–H and O–H groups in total. The van der Waals surface area contributed by atoms with Crippen LogP contribution in [0, 0.1) is 0 Å². The second-order valence-electron chi connectivity index (χ2n) is 5.22. The van der Waals surface area contributed by atoms with Gasteiger partial charge in [0.1, 0.15) is 5.75 Å². The molecule has 0 aliphatic carbocycles. The van der Waals surface area contributed by atoms with Crippen LogP contribution in [0.2, 0.25) is 0 Å². The molecule has 0 spiro atoms. The molecule has 0 amide bonds. The van der Waals surface area contributed by atoms with Crippen LogP contribution in [0.25, 0.3) is 0 Å². The molecule has 4 nitrogen and oxygen atoms in total. The van der Waals surface area contributed by atoms with E-state index in [2.05, 4.69) is 37.1 Å². The number of nitrogens with two attached hydrogens (primary N) is 1. The zero-order chi connectivity index (χ0) is 15.2. The Balaban J connectivity index is 2.00. The summed E-state index contributed by atoms with van der Waals surface area (Å²) in [5.41, 5.74) is 9.90. The molecule has 0 aliphatic rings. The molecular formula is C17H25N3O. The molecule has 2 rings (SSSR count). The molecule has 0 fully saturated rings. The van der Waals surface area contributed by atoms with E-state index in [9.17, 15) is 0 Å². The number of hydrogen-bond acceptors (Lipinski definition) is 3. The maximum Gasteiger partial charge on any atom is 0.118 e. The van der Waals surface area contributed by atoms with Crippen LogP contribution in [0.1, 0.15) is 43.3 Å². The average Bonchev–Trinajstić information content (AvgIpc) is 2.96. The molecule has 1 aromatic carbocycles. The van der Waals surface area contributed by atoms with Crippen LogP contribution in [0.4, 0.5) is 0 Å². The molecule has 21 heavy (non-hydrogen) atoms. The summed E-state index contributed by atoms with van der Waals surface area (Å²) in [6.07, 6.45) is 2.83. The summed E-state index contributed by atoms with van der Waals surface area (Å²) in [6.45, 7) is 5.09. The highest BCUT2D eigenvalue weighted by Crippen LogP contribution is 2.20. The molecule has 0 saturated heterocycles. The number of ether oxygens (including phenoxy) is 1. The Morgan fingerprint density at radius 1 is 1.24 bits per heavy atom. The molecular weight excluding hydrogens is 262 g/mol. The molecule has 1 heterocycles. The van der Waals surface area contributed by atoms with Gasteiger partial charge in [-0.15, -0.1) is 0 Å². The Labute approximate surface area is 126 Å². The molecule has 0 saturated carbocycles. The molecule has 1 atom stereocenters. The molecule has 0 aliphatic heterocycles. The first-order valence-corrected chi connectivity index (χ1v) is 7.63. The molecule has 2 aromatic rings. The van der Waals surface area contributed by atoms with Crippen LogP contribution in [0.15, 0.2) is 30.3 Å². The summed E-state index contributed by atoms with van der Waals surface area (Å²) in [5.74, 6) is 0.889. The Bertz CT molecular complexity index is 560. The van der Waals surface area contributed by atoms with E-state index in [1.807, 2.05) is 16.8 Å². The van der Waals surface area contributed by atoms with Crippen LogP contribution in [0.5, 0.6) is 5.75 Å². The van der Waals surface area contributed by atoms with Gasteiger partial charge in [-0.1, -0.05) is 19.1 Å². The summed E-state index contributed by atoms with van der Waals surface area (Å²) in [4.78, 5) is 0. The van der Waals surface area contributed by atoms with E-state index in [0.717, 1.165) is 42.9 Å². The van der Waals surface area contributed by atoms with E-state index in [1.54, 1.807) is 7.11 Å². The Hall–Kier alpha value is -1.81. The lowest BCUT2D eigenvalue weighted by atomic mass is 10.0. The summed E-state index contributed by atoms with van der Waals surface area (Å²) >= 11 is 0. The number of nitrogens with zero attached hydrogens (tertiary/aromatic N) is 2. The highest BCUT2D eigenvalue weighted by molar-refractivity contribution is 5.27. The number of hydrogen-bond donors (Lipinski definition) is 1. The number of benzene rings is 1. The fourth-order valence-corrected chi connectivity index (χ4v) is 2.47. The van der Waals surface area contributed by atoms with Crippen molar-refractivity contribution >= 4 is 0 Å². The summed E-state index contributed by atoms with van der Waals surface area (Å²) in [5, 5.41) is 4.57. The fraction of sp³-hybridized carbons (Fsp3) is 0.471. The van der Waals surface area contributed by atoms with E-state index < -0.39 is 0 Å². The van der Waals surface area contributed by atoms with Crippen molar-refractivity contribution in [2.45, 2.75) is 45.7 Å². The highest BCUT2D eigenvalue weighted by atomic mass is 16.5.